The summed E-state index contributed by atoms with van der Waals surface area (Å²) in [5.41, 5.74) is 3.37. The third kappa shape index (κ3) is 4.92. The van der Waals surface area contributed by atoms with Gasteiger partial charge in [-0.1, -0.05) is 35.9 Å². The summed E-state index contributed by atoms with van der Waals surface area (Å²) in [6.45, 7) is 7.49. The van der Waals surface area contributed by atoms with Crippen molar-refractivity contribution in [2.45, 2.75) is 13.0 Å². The first kappa shape index (κ1) is 20.2. The van der Waals surface area contributed by atoms with Crippen molar-refractivity contribution in [3.8, 4) is 0 Å². The molecular formula is C23H29ClN4O. The Bertz CT molecular complexity index is 833. The van der Waals surface area contributed by atoms with Gasteiger partial charge in [0.1, 0.15) is 0 Å². The summed E-state index contributed by atoms with van der Waals surface area (Å²) in [5.74, 6) is 0.225. The second-order valence-corrected chi connectivity index (χ2v) is 8.41. The van der Waals surface area contributed by atoms with E-state index in [0.717, 1.165) is 68.8 Å². The number of likely N-dealkylation sites (N-methyl/N-ethyl adjacent to an activating group) is 1. The van der Waals surface area contributed by atoms with Gasteiger partial charge in [0.05, 0.1) is 11.4 Å². The highest BCUT2D eigenvalue weighted by Gasteiger charge is 2.27. The lowest BCUT2D eigenvalue weighted by atomic mass is 10.1. The molecule has 0 aromatic heterocycles. The highest BCUT2D eigenvalue weighted by Crippen LogP contribution is 2.34. The zero-order chi connectivity index (χ0) is 20.2. The Labute approximate surface area is 178 Å². The van der Waals surface area contributed by atoms with Gasteiger partial charge in [0.2, 0.25) is 5.91 Å². The molecule has 6 heteroatoms. The van der Waals surface area contributed by atoms with Crippen LogP contribution in [-0.2, 0) is 11.3 Å². The third-order valence-electron chi connectivity index (χ3n) is 5.93. The highest BCUT2D eigenvalue weighted by molar-refractivity contribution is 6.30. The summed E-state index contributed by atoms with van der Waals surface area (Å²) in [7, 11) is 2.16. The first-order chi connectivity index (χ1) is 14.1. The van der Waals surface area contributed by atoms with E-state index in [1.165, 1.54) is 5.56 Å². The number of piperazine rings is 1. The summed E-state index contributed by atoms with van der Waals surface area (Å²) in [6, 6.07) is 16.2. The summed E-state index contributed by atoms with van der Waals surface area (Å²) in [5, 5.41) is 0.755. The van der Waals surface area contributed by atoms with Gasteiger partial charge >= 0.3 is 0 Å². The number of carbonyl (C=O) groups excluding carboxylic acids is 1. The molecule has 0 bridgehead atoms. The van der Waals surface area contributed by atoms with Crippen LogP contribution in [0.4, 0.5) is 11.4 Å². The minimum absolute atomic E-state index is 0.225. The number of rotatable bonds is 5. The Morgan fingerprint density at radius 3 is 2.31 bits per heavy atom. The molecule has 29 heavy (non-hydrogen) atoms. The van der Waals surface area contributed by atoms with Crippen molar-refractivity contribution in [2.24, 2.45) is 0 Å². The average Bonchev–Trinajstić information content (AvgIpc) is 2.75. The monoisotopic (exact) mass is 412 g/mol. The number of hydrogen-bond donors (Lipinski definition) is 0. The molecule has 2 aromatic carbocycles. The number of benzene rings is 2. The lowest BCUT2D eigenvalue weighted by Gasteiger charge is -2.38. The maximum absolute atomic E-state index is 13.0. The van der Waals surface area contributed by atoms with Crippen LogP contribution in [0.2, 0.25) is 5.02 Å². The molecule has 0 radical (unpaired) electrons. The predicted octanol–water partition coefficient (Wildman–Crippen LogP) is 3.33. The zero-order valence-corrected chi connectivity index (χ0v) is 17.8. The van der Waals surface area contributed by atoms with Crippen LogP contribution >= 0.6 is 11.6 Å². The Morgan fingerprint density at radius 1 is 0.897 bits per heavy atom. The van der Waals surface area contributed by atoms with Crippen LogP contribution < -0.4 is 9.80 Å². The fourth-order valence-electron chi connectivity index (χ4n) is 4.12. The van der Waals surface area contributed by atoms with Crippen LogP contribution in [0.15, 0.2) is 48.5 Å². The van der Waals surface area contributed by atoms with Gasteiger partial charge in [0.15, 0.2) is 0 Å². The zero-order valence-electron chi connectivity index (χ0n) is 17.1. The Hall–Kier alpha value is -2.08. The molecule has 1 fully saturated rings. The van der Waals surface area contributed by atoms with Crippen molar-refractivity contribution in [2.75, 3.05) is 62.7 Å². The minimum atomic E-state index is 0.225. The standard InChI is InChI=1S/C23H29ClN4O/c1-25-12-14-26(15-13-25)11-10-23(29)28-17-16-27(21-4-2-3-5-22(21)28)18-19-6-8-20(24)9-7-19/h2-9H,10-18H2,1H3. The Kier molecular flexibility index (Phi) is 6.38. The van der Waals surface area contributed by atoms with Crippen LogP contribution in [0.1, 0.15) is 12.0 Å². The molecular weight excluding hydrogens is 384 g/mol. The molecule has 0 saturated carbocycles. The molecule has 2 aromatic rings. The smallest absolute Gasteiger partial charge is 0.228 e. The molecule has 0 aliphatic carbocycles. The predicted molar refractivity (Wildman–Crippen MR) is 120 cm³/mol. The average molecular weight is 413 g/mol. The number of carbonyl (C=O) groups is 1. The van der Waals surface area contributed by atoms with Crippen molar-refractivity contribution in [3.63, 3.8) is 0 Å². The number of halogens is 1. The second-order valence-electron chi connectivity index (χ2n) is 7.98. The summed E-state index contributed by atoms with van der Waals surface area (Å²) in [4.78, 5) is 22.1. The molecule has 0 N–H and O–H groups in total. The van der Waals surface area contributed by atoms with Crippen LogP contribution in [0.3, 0.4) is 0 Å². The van der Waals surface area contributed by atoms with E-state index in [2.05, 4.69) is 46.0 Å². The number of para-hydroxylation sites is 2. The topological polar surface area (TPSA) is 30.0 Å². The SMILES string of the molecule is CN1CCN(CCC(=O)N2CCN(Cc3ccc(Cl)cc3)c3ccccc32)CC1. The molecule has 0 atom stereocenters. The van der Waals surface area contributed by atoms with Crippen molar-refractivity contribution in [1.82, 2.24) is 9.80 Å². The number of nitrogens with zero attached hydrogens (tertiary/aromatic N) is 4. The van der Waals surface area contributed by atoms with E-state index in [-0.39, 0.29) is 5.91 Å². The Morgan fingerprint density at radius 2 is 1.59 bits per heavy atom. The van der Waals surface area contributed by atoms with E-state index in [1.807, 2.05) is 29.2 Å². The van der Waals surface area contributed by atoms with Gasteiger partial charge in [-0.15, -0.1) is 0 Å². The molecule has 0 spiro atoms. The number of anilines is 2. The lowest BCUT2D eigenvalue weighted by molar-refractivity contribution is -0.119. The first-order valence-corrected chi connectivity index (χ1v) is 10.8. The fraction of sp³-hybridized carbons (Fsp3) is 0.435. The van der Waals surface area contributed by atoms with E-state index in [0.29, 0.717) is 6.42 Å². The fourth-order valence-corrected chi connectivity index (χ4v) is 4.24. The summed E-state index contributed by atoms with van der Waals surface area (Å²) in [6.07, 6.45) is 0.579. The third-order valence-corrected chi connectivity index (χ3v) is 6.18. The van der Waals surface area contributed by atoms with Crippen molar-refractivity contribution < 1.29 is 4.79 Å². The van der Waals surface area contributed by atoms with E-state index in [4.69, 9.17) is 11.6 Å². The van der Waals surface area contributed by atoms with Gasteiger partial charge in [-0.25, -0.2) is 0 Å². The van der Waals surface area contributed by atoms with Crippen LogP contribution in [0.25, 0.3) is 0 Å². The minimum Gasteiger partial charge on any atom is -0.364 e. The maximum Gasteiger partial charge on any atom is 0.228 e. The molecule has 5 nitrogen and oxygen atoms in total. The summed E-state index contributed by atoms with van der Waals surface area (Å²) < 4.78 is 0. The number of amides is 1. The van der Waals surface area contributed by atoms with Crippen LogP contribution in [0.5, 0.6) is 0 Å². The number of fused-ring (bicyclic) bond motifs is 1. The molecule has 2 heterocycles. The van der Waals surface area contributed by atoms with Crippen molar-refractivity contribution in [3.05, 3.63) is 59.1 Å². The van der Waals surface area contributed by atoms with E-state index < -0.39 is 0 Å². The summed E-state index contributed by atoms with van der Waals surface area (Å²) >= 11 is 6.02. The van der Waals surface area contributed by atoms with Crippen molar-refractivity contribution >= 4 is 28.9 Å². The quantitative estimate of drug-likeness (QED) is 0.753. The number of hydrogen-bond acceptors (Lipinski definition) is 4. The molecule has 1 amide bonds. The van der Waals surface area contributed by atoms with Gasteiger partial charge < -0.3 is 19.6 Å². The largest absolute Gasteiger partial charge is 0.364 e. The van der Waals surface area contributed by atoms with Crippen molar-refractivity contribution in [1.29, 1.82) is 0 Å². The highest BCUT2D eigenvalue weighted by atomic mass is 35.5. The van der Waals surface area contributed by atoms with Gasteiger partial charge in [-0.2, -0.15) is 0 Å². The molecule has 4 rings (SSSR count). The van der Waals surface area contributed by atoms with Gasteiger partial charge in [0.25, 0.3) is 0 Å². The molecule has 0 unspecified atom stereocenters. The second kappa shape index (κ2) is 9.16. The molecule has 1 saturated heterocycles. The normalized spacial score (nSPS) is 18.0. The van der Waals surface area contributed by atoms with Crippen LogP contribution in [-0.4, -0.2) is 68.6 Å². The van der Waals surface area contributed by atoms with Gasteiger partial charge in [-0.3, -0.25) is 4.79 Å². The first-order valence-electron chi connectivity index (χ1n) is 10.4. The van der Waals surface area contributed by atoms with Crippen LogP contribution in [0, 0.1) is 0 Å². The van der Waals surface area contributed by atoms with E-state index in [1.54, 1.807) is 0 Å². The van der Waals surface area contributed by atoms with Gasteiger partial charge in [0, 0.05) is 63.8 Å². The Balaban J connectivity index is 1.42. The van der Waals surface area contributed by atoms with Gasteiger partial charge in [-0.05, 0) is 36.9 Å². The molecule has 154 valence electrons. The van der Waals surface area contributed by atoms with E-state index in [9.17, 15) is 4.79 Å². The van der Waals surface area contributed by atoms with E-state index >= 15 is 0 Å². The molecule has 2 aliphatic heterocycles. The lowest BCUT2D eigenvalue weighted by Crippen LogP contribution is -2.47. The molecule has 2 aliphatic rings. The maximum atomic E-state index is 13.0.